The summed E-state index contributed by atoms with van der Waals surface area (Å²) in [5, 5.41) is 3.39. The van der Waals surface area contributed by atoms with Crippen LogP contribution in [0.25, 0.3) is 0 Å². The maximum absolute atomic E-state index is 12.7. The van der Waals surface area contributed by atoms with Crippen LogP contribution in [0.4, 0.5) is 0 Å². The first-order valence-electron chi connectivity index (χ1n) is 7.52. The molecule has 0 aromatic rings. The van der Waals surface area contributed by atoms with Crippen molar-refractivity contribution in [3.8, 4) is 0 Å². The van der Waals surface area contributed by atoms with Crippen molar-refractivity contribution in [2.24, 2.45) is 0 Å². The lowest BCUT2D eigenvalue weighted by Gasteiger charge is -2.35. The van der Waals surface area contributed by atoms with Crippen LogP contribution in [0.3, 0.4) is 0 Å². The molecule has 2 heterocycles. The van der Waals surface area contributed by atoms with Gasteiger partial charge in [0.15, 0.2) is 0 Å². The standard InChI is InChI=1S/C13H27N3O2S/c1-12(2)16(11-13-7-6-8-14-13)19(17,18)15-9-4-3-5-10-15/h12-14H,3-11H2,1-2H3. The summed E-state index contributed by atoms with van der Waals surface area (Å²) in [5.74, 6) is 0. The van der Waals surface area contributed by atoms with Gasteiger partial charge in [0.05, 0.1) is 0 Å². The molecule has 0 radical (unpaired) electrons. The molecular weight excluding hydrogens is 262 g/mol. The monoisotopic (exact) mass is 289 g/mol. The number of nitrogens with one attached hydrogen (secondary N) is 1. The summed E-state index contributed by atoms with van der Waals surface area (Å²) in [7, 11) is -3.28. The van der Waals surface area contributed by atoms with Crippen LogP contribution in [-0.2, 0) is 10.2 Å². The lowest BCUT2D eigenvalue weighted by molar-refractivity contribution is 0.268. The Morgan fingerprint density at radius 3 is 2.42 bits per heavy atom. The van der Waals surface area contributed by atoms with Gasteiger partial charge in [0.25, 0.3) is 10.2 Å². The Balaban J connectivity index is 2.07. The Morgan fingerprint density at radius 1 is 1.21 bits per heavy atom. The van der Waals surface area contributed by atoms with Crippen molar-refractivity contribution >= 4 is 10.2 Å². The fourth-order valence-corrected chi connectivity index (χ4v) is 4.86. The molecular formula is C13H27N3O2S. The quantitative estimate of drug-likeness (QED) is 0.827. The Bertz CT molecular complexity index is 371. The molecule has 1 N–H and O–H groups in total. The van der Waals surface area contributed by atoms with Crippen molar-refractivity contribution in [1.29, 1.82) is 0 Å². The summed E-state index contributed by atoms with van der Waals surface area (Å²) < 4.78 is 28.8. The fraction of sp³-hybridized carbons (Fsp3) is 1.00. The molecule has 0 aliphatic carbocycles. The van der Waals surface area contributed by atoms with Gasteiger partial charge in [-0.25, -0.2) is 0 Å². The molecule has 0 aromatic heterocycles. The van der Waals surface area contributed by atoms with E-state index in [1.54, 1.807) is 8.61 Å². The van der Waals surface area contributed by atoms with Gasteiger partial charge in [-0.15, -0.1) is 0 Å². The first-order valence-corrected chi connectivity index (χ1v) is 8.92. The molecule has 6 heteroatoms. The van der Waals surface area contributed by atoms with Crippen LogP contribution in [0.2, 0.25) is 0 Å². The fourth-order valence-electron chi connectivity index (χ4n) is 2.95. The van der Waals surface area contributed by atoms with E-state index in [4.69, 9.17) is 0 Å². The van der Waals surface area contributed by atoms with Crippen LogP contribution in [0, 0.1) is 0 Å². The number of nitrogens with zero attached hydrogens (tertiary/aromatic N) is 2. The lowest BCUT2D eigenvalue weighted by Crippen LogP contribution is -2.52. The van der Waals surface area contributed by atoms with Crippen molar-refractivity contribution in [2.45, 2.75) is 58.0 Å². The SMILES string of the molecule is CC(C)N(CC1CCCN1)S(=O)(=O)N1CCCCC1. The van der Waals surface area contributed by atoms with Crippen molar-refractivity contribution < 1.29 is 8.42 Å². The molecule has 2 rings (SSSR count). The molecule has 1 atom stereocenters. The molecule has 2 aliphatic rings. The second-order valence-corrected chi connectivity index (χ2v) is 7.81. The highest BCUT2D eigenvalue weighted by molar-refractivity contribution is 7.86. The molecule has 0 spiro atoms. The summed E-state index contributed by atoms with van der Waals surface area (Å²) in [6, 6.07) is 0.344. The number of piperidine rings is 1. The number of hydrogen-bond acceptors (Lipinski definition) is 3. The summed E-state index contributed by atoms with van der Waals surface area (Å²) in [5.41, 5.74) is 0. The molecule has 0 saturated carbocycles. The van der Waals surface area contributed by atoms with Crippen LogP contribution < -0.4 is 5.32 Å². The summed E-state index contributed by atoms with van der Waals surface area (Å²) >= 11 is 0. The van der Waals surface area contributed by atoms with E-state index in [9.17, 15) is 8.42 Å². The second-order valence-electron chi connectivity index (χ2n) is 5.92. The lowest BCUT2D eigenvalue weighted by atomic mass is 10.2. The average molecular weight is 289 g/mol. The van der Waals surface area contributed by atoms with Gasteiger partial charge in [-0.05, 0) is 46.1 Å². The van der Waals surface area contributed by atoms with Gasteiger partial charge in [-0.1, -0.05) is 6.42 Å². The van der Waals surface area contributed by atoms with E-state index in [1.807, 2.05) is 13.8 Å². The normalized spacial score (nSPS) is 26.4. The highest BCUT2D eigenvalue weighted by Crippen LogP contribution is 2.20. The summed E-state index contributed by atoms with van der Waals surface area (Å²) in [6.45, 7) is 6.93. The molecule has 19 heavy (non-hydrogen) atoms. The van der Waals surface area contributed by atoms with Crippen molar-refractivity contribution in [2.75, 3.05) is 26.2 Å². The molecule has 2 saturated heterocycles. The highest BCUT2D eigenvalue weighted by Gasteiger charge is 2.34. The zero-order chi connectivity index (χ0) is 13.9. The zero-order valence-electron chi connectivity index (χ0n) is 12.1. The van der Waals surface area contributed by atoms with E-state index in [2.05, 4.69) is 5.32 Å². The zero-order valence-corrected chi connectivity index (χ0v) is 13.0. The molecule has 0 aromatic carbocycles. The van der Waals surface area contributed by atoms with Crippen molar-refractivity contribution in [3.05, 3.63) is 0 Å². The highest BCUT2D eigenvalue weighted by atomic mass is 32.2. The number of rotatable bonds is 5. The van der Waals surface area contributed by atoms with Crippen LogP contribution in [0.1, 0.15) is 46.0 Å². The van der Waals surface area contributed by atoms with E-state index in [-0.39, 0.29) is 6.04 Å². The van der Waals surface area contributed by atoms with E-state index < -0.39 is 10.2 Å². The van der Waals surface area contributed by atoms with Crippen LogP contribution in [0.15, 0.2) is 0 Å². The Hall–Kier alpha value is -0.170. The van der Waals surface area contributed by atoms with Crippen molar-refractivity contribution in [1.82, 2.24) is 13.9 Å². The maximum Gasteiger partial charge on any atom is 0.282 e. The van der Waals surface area contributed by atoms with Crippen LogP contribution in [0.5, 0.6) is 0 Å². The molecule has 1 unspecified atom stereocenters. The molecule has 2 aliphatic heterocycles. The third kappa shape index (κ3) is 3.68. The predicted molar refractivity (Wildman–Crippen MR) is 77.2 cm³/mol. The topological polar surface area (TPSA) is 52.7 Å². The second kappa shape index (κ2) is 6.52. The maximum atomic E-state index is 12.7. The molecule has 2 fully saturated rings. The Labute approximate surface area is 117 Å². The minimum absolute atomic E-state index is 0.0225. The minimum atomic E-state index is -3.28. The van der Waals surface area contributed by atoms with E-state index in [0.717, 1.165) is 38.6 Å². The van der Waals surface area contributed by atoms with E-state index in [1.165, 1.54) is 0 Å². The molecule has 112 valence electrons. The van der Waals surface area contributed by atoms with Crippen molar-refractivity contribution in [3.63, 3.8) is 0 Å². The minimum Gasteiger partial charge on any atom is -0.313 e. The van der Waals surface area contributed by atoms with E-state index in [0.29, 0.717) is 25.7 Å². The van der Waals surface area contributed by atoms with Gasteiger partial charge in [0, 0.05) is 31.7 Å². The average Bonchev–Trinajstić information content (AvgIpc) is 2.89. The number of hydrogen-bond donors (Lipinski definition) is 1. The Kier molecular flexibility index (Phi) is 5.22. The van der Waals surface area contributed by atoms with Gasteiger partial charge >= 0.3 is 0 Å². The van der Waals surface area contributed by atoms with Crippen LogP contribution in [-0.4, -0.2) is 55.3 Å². The molecule has 5 nitrogen and oxygen atoms in total. The molecule has 0 bridgehead atoms. The van der Waals surface area contributed by atoms with E-state index >= 15 is 0 Å². The van der Waals surface area contributed by atoms with Gasteiger partial charge in [-0.2, -0.15) is 17.0 Å². The summed E-state index contributed by atoms with van der Waals surface area (Å²) in [4.78, 5) is 0. The smallest absolute Gasteiger partial charge is 0.282 e. The predicted octanol–water partition coefficient (Wildman–Crippen LogP) is 1.18. The van der Waals surface area contributed by atoms with Gasteiger partial charge in [-0.3, -0.25) is 0 Å². The first kappa shape index (κ1) is 15.2. The molecule has 0 amide bonds. The van der Waals surface area contributed by atoms with Crippen LogP contribution >= 0.6 is 0 Å². The van der Waals surface area contributed by atoms with Gasteiger partial charge < -0.3 is 5.32 Å². The summed E-state index contributed by atoms with van der Waals surface area (Å²) in [6.07, 6.45) is 5.37. The largest absolute Gasteiger partial charge is 0.313 e. The van der Waals surface area contributed by atoms with Gasteiger partial charge in [0.1, 0.15) is 0 Å². The van der Waals surface area contributed by atoms with Gasteiger partial charge in [0.2, 0.25) is 0 Å². The third-order valence-corrected chi connectivity index (χ3v) is 6.26. The third-order valence-electron chi connectivity index (χ3n) is 4.08. The Morgan fingerprint density at radius 2 is 1.89 bits per heavy atom. The first-order chi connectivity index (χ1) is 9.01.